The number of ketones is 1. The number of primary amides is 1. The molecular weight excluding hydrogens is 496 g/mol. The Balaban J connectivity index is 1.33. The van der Waals surface area contributed by atoms with E-state index in [1.165, 1.54) is 0 Å². The Morgan fingerprint density at radius 3 is 2.36 bits per heavy atom. The van der Waals surface area contributed by atoms with Crippen LogP contribution >= 0.6 is 0 Å². The van der Waals surface area contributed by atoms with Crippen molar-refractivity contribution in [2.75, 3.05) is 27.2 Å². The largest absolute Gasteiger partial charge is 0.364 e. The number of Topliss-reactive ketones (excluding diaryl/α,β-unsaturated/α-hetero) is 1. The van der Waals surface area contributed by atoms with Crippen LogP contribution in [0.4, 0.5) is 0 Å². The lowest BCUT2D eigenvalue weighted by Gasteiger charge is -2.30. The van der Waals surface area contributed by atoms with Gasteiger partial charge in [0.15, 0.2) is 12.0 Å². The number of nitrogens with zero attached hydrogens (tertiary/aromatic N) is 4. The van der Waals surface area contributed by atoms with Crippen LogP contribution in [0.1, 0.15) is 67.2 Å². The van der Waals surface area contributed by atoms with Crippen molar-refractivity contribution in [3.8, 4) is 11.3 Å². The van der Waals surface area contributed by atoms with E-state index in [0.717, 1.165) is 55.7 Å². The second-order valence-corrected chi connectivity index (χ2v) is 10.9. The molecule has 10 heteroatoms. The van der Waals surface area contributed by atoms with Crippen LogP contribution in [0.25, 0.3) is 11.3 Å². The van der Waals surface area contributed by atoms with Gasteiger partial charge >= 0.3 is 0 Å². The average molecular weight is 535 g/mol. The number of aryl methyl sites for hydroxylation is 1. The third kappa shape index (κ3) is 5.49. The van der Waals surface area contributed by atoms with Gasteiger partial charge in [0.2, 0.25) is 5.91 Å². The number of amides is 2. The molecule has 3 heterocycles. The summed E-state index contributed by atoms with van der Waals surface area (Å²) in [7, 11) is 3.54. The Morgan fingerprint density at radius 1 is 1.00 bits per heavy atom. The molecule has 2 aliphatic heterocycles. The van der Waals surface area contributed by atoms with Gasteiger partial charge in [-0.1, -0.05) is 37.1 Å². The number of aromatic nitrogens is 2. The lowest BCUT2D eigenvalue weighted by molar-refractivity contribution is -0.126. The highest BCUT2D eigenvalue weighted by Crippen LogP contribution is 2.35. The zero-order chi connectivity index (χ0) is 27.7. The molecule has 0 radical (unpaired) electrons. The Kier molecular flexibility index (Phi) is 7.86. The smallest absolute Gasteiger partial charge is 0.268 e. The van der Waals surface area contributed by atoms with E-state index in [9.17, 15) is 14.4 Å². The standard InChI is InChI=1S/C29H38N6O4/c1-18-16-24(35(32-18)25-10-6-7-15-39-25)19-11-13-20(14-12-19)27(36)21-8-4-5-9-22(21)29(38)31-23-17-33(2)34(3)26(23)28(30)37/h11-14,16,21-22,25H,4-10,15,17H2,1-3H3,(H2,30,37)(H,31,38)/t21-,22-,25?/m1/s1. The topological polar surface area (TPSA) is 123 Å². The summed E-state index contributed by atoms with van der Waals surface area (Å²) in [6.45, 7) is 3.08. The van der Waals surface area contributed by atoms with E-state index in [1.54, 1.807) is 17.1 Å². The van der Waals surface area contributed by atoms with Crippen LogP contribution in [0.5, 0.6) is 0 Å². The number of likely N-dealkylation sites (N-methyl/N-ethyl adjacent to an activating group) is 2. The first kappa shape index (κ1) is 27.1. The summed E-state index contributed by atoms with van der Waals surface area (Å²) in [5.41, 5.74) is 9.78. The van der Waals surface area contributed by atoms with E-state index in [0.29, 0.717) is 30.6 Å². The lowest BCUT2D eigenvalue weighted by atomic mass is 9.75. The zero-order valence-corrected chi connectivity index (χ0v) is 23.0. The fraction of sp³-hybridized carbons (Fsp3) is 0.517. The monoisotopic (exact) mass is 534 g/mol. The maximum absolute atomic E-state index is 13.7. The number of carbonyl (C=O) groups excluding carboxylic acids is 3. The molecule has 208 valence electrons. The highest BCUT2D eigenvalue weighted by Gasteiger charge is 2.38. The number of benzene rings is 1. The summed E-state index contributed by atoms with van der Waals surface area (Å²) in [6, 6.07) is 9.65. The Morgan fingerprint density at radius 2 is 1.69 bits per heavy atom. The minimum Gasteiger partial charge on any atom is -0.364 e. The Bertz CT molecular complexity index is 1280. The van der Waals surface area contributed by atoms with E-state index in [1.807, 2.05) is 49.0 Å². The third-order valence-electron chi connectivity index (χ3n) is 8.21. The SMILES string of the molecule is Cc1cc(-c2ccc(C(=O)[C@@H]3CCCC[C@H]3C(=O)NC3=C(C(N)=O)N(C)N(C)C3)cc2)n(C2CCCCO2)n1. The van der Waals surface area contributed by atoms with Crippen molar-refractivity contribution < 1.29 is 19.1 Å². The maximum Gasteiger partial charge on any atom is 0.268 e. The Labute approximate surface area is 229 Å². The van der Waals surface area contributed by atoms with Crippen molar-refractivity contribution in [3.05, 3.63) is 53.0 Å². The van der Waals surface area contributed by atoms with Crippen LogP contribution in [0, 0.1) is 18.8 Å². The summed E-state index contributed by atoms with van der Waals surface area (Å²) in [4.78, 5) is 39.1. The van der Waals surface area contributed by atoms with Gasteiger partial charge in [-0.15, -0.1) is 0 Å². The van der Waals surface area contributed by atoms with E-state index < -0.39 is 17.7 Å². The molecule has 1 aliphatic carbocycles. The summed E-state index contributed by atoms with van der Waals surface area (Å²) in [5.74, 6) is -1.72. The zero-order valence-electron chi connectivity index (χ0n) is 23.0. The van der Waals surface area contributed by atoms with Gasteiger partial charge in [0.05, 0.1) is 23.6 Å². The van der Waals surface area contributed by atoms with Crippen LogP contribution in [-0.4, -0.2) is 64.6 Å². The van der Waals surface area contributed by atoms with Crippen LogP contribution in [0.3, 0.4) is 0 Å². The second kappa shape index (κ2) is 11.3. The molecule has 0 spiro atoms. The van der Waals surface area contributed by atoms with Crippen LogP contribution in [0.15, 0.2) is 41.7 Å². The third-order valence-corrected chi connectivity index (χ3v) is 8.21. The van der Waals surface area contributed by atoms with E-state index in [2.05, 4.69) is 10.4 Å². The number of ether oxygens (including phenoxy) is 1. The van der Waals surface area contributed by atoms with E-state index >= 15 is 0 Å². The molecule has 1 saturated heterocycles. The maximum atomic E-state index is 13.7. The van der Waals surface area contributed by atoms with Gasteiger partial charge in [0, 0.05) is 38.1 Å². The lowest BCUT2D eigenvalue weighted by Crippen LogP contribution is -2.40. The van der Waals surface area contributed by atoms with Gasteiger partial charge in [0.1, 0.15) is 5.70 Å². The predicted octanol–water partition coefficient (Wildman–Crippen LogP) is 3.15. The molecular formula is C29H38N6O4. The second-order valence-electron chi connectivity index (χ2n) is 10.9. The molecule has 39 heavy (non-hydrogen) atoms. The van der Waals surface area contributed by atoms with Crippen molar-refractivity contribution in [2.24, 2.45) is 17.6 Å². The van der Waals surface area contributed by atoms with Crippen molar-refractivity contribution in [3.63, 3.8) is 0 Å². The summed E-state index contributed by atoms with van der Waals surface area (Å²) < 4.78 is 7.93. The average Bonchev–Trinajstić information content (AvgIpc) is 3.47. The van der Waals surface area contributed by atoms with Gasteiger partial charge in [-0.25, -0.2) is 9.69 Å². The number of carbonyl (C=O) groups is 3. The number of hydrogen-bond donors (Lipinski definition) is 2. The predicted molar refractivity (Wildman–Crippen MR) is 146 cm³/mol. The normalized spacial score (nSPS) is 24.2. The number of hydrogen-bond acceptors (Lipinski definition) is 7. The molecule has 1 aromatic heterocycles. The van der Waals surface area contributed by atoms with Gasteiger partial charge < -0.3 is 20.8 Å². The first-order valence-electron chi connectivity index (χ1n) is 13.9. The molecule has 1 unspecified atom stereocenters. The Hall–Kier alpha value is -3.50. The number of nitrogens with one attached hydrogen (secondary N) is 1. The van der Waals surface area contributed by atoms with Crippen molar-refractivity contribution in [2.45, 2.75) is 58.1 Å². The molecule has 3 aliphatic rings. The first-order valence-corrected chi connectivity index (χ1v) is 13.9. The molecule has 3 N–H and O–H groups in total. The fourth-order valence-corrected chi connectivity index (χ4v) is 6.07. The molecule has 2 amide bonds. The number of rotatable bonds is 7. The molecule has 1 aromatic carbocycles. The van der Waals surface area contributed by atoms with Crippen molar-refractivity contribution >= 4 is 17.6 Å². The number of hydrazine groups is 1. The van der Waals surface area contributed by atoms with Gasteiger partial charge in [-0.2, -0.15) is 5.10 Å². The van der Waals surface area contributed by atoms with Crippen molar-refractivity contribution in [1.82, 2.24) is 25.1 Å². The van der Waals surface area contributed by atoms with Crippen LogP contribution in [-0.2, 0) is 14.3 Å². The molecule has 10 nitrogen and oxygen atoms in total. The van der Waals surface area contributed by atoms with Crippen molar-refractivity contribution in [1.29, 1.82) is 0 Å². The highest BCUT2D eigenvalue weighted by atomic mass is 16.5. The fourth-order valence-electron chi connectivity index (χ4n) is 6.07. The minimum atomic E-state index is -0.597. The molecule has 0 bridgehead atoms. The summed E-state index contributed by atoms with van der Waals surface area (Å²) >= 11 is 0. The van der Waals surface area contributed by atoms with Gasteiger partial charge in [-0.3, -0.25) is 14.4 Å². The minimum absolute atomic E-state index is 0.0218. The van der Waals surface area contributed by atoms with Gasteiger partial charge in [-0.05, 0) is 50.7 Å². The van der Waals surface area contributed by atoms with Crippen LogP contribution in [0.2, 0.25) is 0 Å². The molecule has 1 saturated carbocycles. The molecule has 2 aromatic rings. The quantitative estimate of drug-likeness (QED) is 0.523. The van der Waals surface area contributed by atoms with E-state index in [4.69, 9.17) is 10.5 Å². The first-order chi connectivity index (χ1) is 18.7. The molecule has 5 rings (SSSR count). The summed E-state index contributed by atoms with van der Waals surface area (Å²) in [6.07, 6.45) is 6.11. The molecule has 3 atom stereocenters. The molecule has 2 fully saturated rings. The van der Waals surface area contributed by atoms with Gasteiger partial charge in [0.25, 0.3) is 5.91 Å². The number of nitrogens with two attached hydrogens (primary N) is 1. The highest BCUT2D eigenvalue weighted by molar-refractivity contribution is 6.01. The van der Waals surface area contributed by atoms with Crippen LogP contribution < -0.4 is 11.1 Å². The van der Waals surface area contributed by atoms with E-state index in [-0.39, 0.29) is 23.6 Å². The summed E-state index contributed by atoms with van der Waals surface area (Å²) in [5, 5.41) is 11.0.